The monoisotopic (exact) mass is 539 g/mol. The van der Waals surface area contributed by atoms with Gasteiger partial charge in [0.05, 0.1) is 26.4 Å². The highest BCUT2D eigenvalue weighted by Gasteiger charge is 2.41. The van der Waals surface area contributed by atoms with Crippen molar-refractivity contribution in [1.29, 1.82) is 0 Å². The first kappa shape index (κ1) is 27.1. The molecule has 1 aliphatic heterocycles. The lowest BCUT2D eigenvalue weighted by Crippen LogP contribution is -2.36. The molecule has 0 unspecified atom stereocenters. The number of rotatable bonds is 8. The molecule has 7 heteroatoms. The van der Waals surface area contributed by atoms with Gasteiger partial charge in [0.15, 0.2) is 17.3 Å². The van der Waals surface area contributed by atoms with Crippen LogP contribution in [-0.2, 0) is 20.7 Å². The second-order valence-electron chi connectivity index (χ2n) is 10.1. The molecular formula is C33H33NO6. The van der Waals surface area contributed by atoms with Gasteiger partial charge in [-0.1, -0.05) is 48.5 Å². The quantitative estimate of drug-likeness (QED) is 0.362. The first-order valence-electron chi connectivity index (χ1n) is 13.4. The fourth-order valence-corrected chi connectivity index (χ4v) is 5.67. The molecule has 1 aliphatic carbocycles. The largest absolute Gasteiger partial charge is 0.508 e. The van der Waals surface area contributed by atoms with E-state index in [1.54, 1.807) is 32.4 Å². The third kappa shape index (κ3) is 5.45. The van der Waals surface area contributed by atoms with Gasteiger partial charge in [0, 0.05) is 35.7 Å². The number of Topliss-reactive ketones (excluding diaryl/α,β-unsaturated/α-hetero) is 1. The fraction of sp³-hybridized carbons (Fsp3) is 0.273. The SMILES string of the molecule is COc1ccc([C@@H]2CC(=O)C3=C(C2)NC(C)=C(C(=O)OCCc2ccccc2)[C@H]3c2cccc(O)c2)cc1OC. The molecule has 0 radical (unpaired) electrons. The number of aromatic hydroxyl groups is 1. The summed E-state index contributed by atoms with van der Waals surface area (Å²) in [4.78, 5) is 27.4. The zero-order valence-electron chi connectivity index (χ0n) is 22.9. The van der Waals surface area contributed by atoms with Gasteiger partial charge in [-0.25, -0.2) is 4.79 Å². The molecule has 3 aromatic rings. The summed E-state index contributed by atoms with van der Waals surface area (Å²) in [6, 6.07) is 22.3. The molecule has 2 N–H and O–H groups in total. The zero-order valence-corrected chi connectivity index (χ0v) is 22.9. The lowest BCUT2D eigenvalue weighted by Gasteiger charge is -2.36. The van der Waals surface area contributed by atoms with E-state index in [9.17, 15) is 14.7 Å². The van der Waals surface area contributed by atoms with Crippen molar-refractivity contribution in [3.05, 3.63) is 112 Å². The Bertz CT molecular complexity index is 1490. The van der Waals surface area contributed by atoms with Gasteiger partial charge in [0.1, 0.15) is 5.75 Å². The number of benzene rings is 3. The van der Waals surface area contributed by atoms with Crippen molar-refractivity contribution in [2.75, 3.05) is 20.8 Å². The van der Waals surface area contributed by atoms with Crippen LogP contribution in [0.5, 0.6) is 17.2 Å². The number of methoxy groups -OCH3 is 2. The molecule has 0 bridgehead atoms. The highest BCUT2D eigenvalue weighted by atomic mass is 16.5. The normalized spacial score (nSPS) is 18.6. The molecule has 0 aromatic heterocycles. The Kier molecular flexibility index (Phi) is 7.91. The van der Waals surface area contributed by atoms with Crippen molar-refractivity contribution in [2.45, 2.75) is 38.0 Å². The van der Waals surface area contributed by atoms with Crippen LogP contribution in [0.1, 0.15) is 48.3 Å². The molecule has 2 aliphatic rings. The van der Waals surface area contributed by atoms with E-state index in [4.69, 9.17) is 14.2 Å². The predicted octanol–water partition coefficient (Wildman–Crippen LogP) is 5.56. The number of ketones is 1. The second kappa shape index (κ2) is 11.7. The number of nitrogens with one attached hydrogen (secondary N) is 1. The Morgan fingerprint density at radius 3 is 2.42 bits per heavy atom. The van der Waals surface area contributed by atoms with Crippen molar-refractivity contribution in [3.8, 4) is 17.2 Å². The van der Waals surface area contributed by atoms with Crippen molar-refractivity contribution in [1.82, 2.24) is 5.32 Å². The van der Waals surface area contributed by atoms with Gasteiger partial charge in [0.25, 0.3) is 0 Å². The topological polar surface area (TPSA) is 94.1 Å². The fourth-order valence-electron chi connectivity index (χ4n) is 5.67. The van der Waals surface area contributed by atoms with Crippen LogP contribution in [0.15, 0.2) is 95.3 Å². The number of phenols is 1. The first-order valence-corrected chi connectivity index (χ1v) is 13.4. The van der Waals surface area contributed by atoms with Crippen LogP contribution in [-0.4, -0.2) is 37.7 Å². The number of carbonyl (C=O) groups excluding carboxylic acids is 2. The molecule has 40 heavy (non-hydrogen) atoms. The minimum atomic E-state index is -0.647. The van der Waals surface area contributed by atoms with Crippen LogP contribution >= 0.6 is 0 Å². The summed E-state index contributed by atoms with van der Waals surface area (Å²) in [5, 5.41) is 13.6. The standard InChI is InChI=1S/C33H33NO6/c1-20-30(33(37)40-15-14-21-8-5-4-6-9-21)31(23-10-7-11-25(35)16-23)32-26(34-20)17-24(18-27(32)36)22-12-13-28(38-2)29(19-22)39-3/h4-13,16,19,24,31,34-35H,14-15,17-18H2,1-3H3/t24-,31+/m0/s1. The Hall–Kier alpha value is -4.52. The number of dihydropyridines is 1. The molecule has 0 fully saturated rings. The van der Waals surface area contributed by atoms with Gasteiger partial charge < -0.3 is 24.6 Å². The Morgan fingerprint density at radius 1 is 0.925 bits per heavy atom. The summed E-state index contributed by atoms with van der Waals surface area (Å²) in [6.45, 7) is 2.05. The van der Waals surface area contributed by atoms with Gasteiger partial charge in [0.2, 0.25) is 0 Å². The Labute approximate surface area is 234 Å². The third-order valence-corrected chi connectivity index (χ3v) is 7.60. The summed E-state index contributed by atoms with van der Waals surface area (Å²) in [6.07, 6.45) is 1.45. The number of carbonyl (C=O) groups is 2. The van der Waals surface area contributed by atoms with E-state index in [1.165, 1.54) is 0 Å². The number of hydrogen-bond donors (Lipinski definition) is 2. The molecule has 0 amide bonds. The summed E-state index contributed by atoms with van der Waals surface area (Å²) in [5.41, 5.74) is 5.06. The smallest absolute Gasteiger partial charge is 0.336 e. The van der Waals surface area contributed by atoms with E-state index in [-0.39, 0.29) is 30.5 Å². The highest BCUT2D eigenvalue weighted by Crippen LogP contribution is 2.46. The lowest BCUT2D eigenvalue weighted by atomic mass is 9.71. The molecule has 0 saturated heterocycles. The molecule has 0 saturated carbocycles. The number of esters is 1. The zero-order chi connectivity index (χ0) is 28.2. The van der Waals surface area contributed by atoms with Gasteiger partial charge >= 0.3 is 5.97 Å². The minimum absolute atomic E-state index is 0.0519. The average molecular weight is 540 g/mol. The van der Waals surface area contributed by atoms with Crippen molar-refractivity contribution in [2.24, 2.45) is 0 Å². The van der Waals surface area contributed by atoms with Crippen LogP contribution < -0.4 is 14.8 Å². The third-order valence-electron chi connectivity index (χ3n) is 7.60. The van der Waals surface area contributed by atoms with Crippen LogP contribution in [0.2, 0.25) is 0 Å². The van der Waals surface area contributed by atoms with E-state index in [0.29, 0.717) is 46.7 Å². The number of ether oxygens (including phenoxy) is 3. The minimum Gasteiger partial charge on any atom is -0.508 e. The molecule has 3 aromatic carbocycles. The van der Waals surface area contributed by atoms with Gasteiger partial charge in [-0.3, -0.25) is 4.79 Å². The average Bonchev–Trinajstić information content (AvgIpc) is 2.96. The van der Waals surface area contributed by atoms with E-state index in [0.717, 1.165) is 16.8 Å². The van der Waals surface area contributed by atoms with Crippen molar-refractivity contribution in [3.63, 3.8) is 0 Å². The number of hydrogen-bond acceptors (Lipinski definition) is 7. The summed E-state index contributed by atoms with van der Waals surface area (Å²) in [7, 11) is 3.18. The summed E-state index contributed by atoms with van der Waals surface area (Å²) < 4.78 is 16.6. The summed E-state index contributed by atoms with van der Waals surface area (Å²) in [5.74, 6) is 0.0565. The second-order valence-corrected chi connectivity index (χ2v) is 10.1. The van der Waals surface area contributed by atoms with Crippen LogP contribution in [0.25, 0.3) is 0 Å². The first-order chi connectivity index (χ1) is 19.4. The number of phenolic OH excluding ortho intramolecular Hbond substituents is 1. The molecule has 0 spiro atoms. The maximum absolute atomic E-state index is 13.8. The van der Waals surface area contributed by atoms with Crippen LogP contribution in [0.4, 0.5) is 0 Å². The van der Waals surface area contributed by atoms with Crippen LogP contribution in [0.3, 0.4) is 0 Å². The molecular weight excluding hydrogens is 506 g/mol. The summed E-state index contributed by atoms with van der Waals surface area (Å²) >= 11 is 0. The van der Waals surface area contributed by atoms with E-state index < -0.39 is 11.9 Å². The van der Waals surface area contributed by atoms with Gasteiger partial charge in [-0.15, -0.1) is 0 Å². The van der Waals surface area contributed by atoms with Gasteiger partial charge in [-0.2, -0.15) is 0 Å². The lowest BCUT2D eigenvalue weighted by molar-refractivity contribution is -0.139. The molecule has 5 rings (SSSR count). The molecule has 1 heterocycles. The van der Waals surface area contributed by atoms with Gasteiger partial charge in [-0.05, 0) is 60.2 Å². The van der Waals surface area contributed by atoms with Crippen molar-refractivity contribution >= 4 is 11.8 Å². The maximum Gasteiger partial charge on any atom is 0.336 e. The van der Waals surface area contributed by atoms with Crippen molar-refractivity contribution < 1.29 is 28.9 Å². The van der Waals surface area contributed by atoms with E-state index >= 15 is 0 Å². The Morgan fingerprint density at radius 2 is 1.70 bits per heavy atom. The number of allylic oxidation sites excluding steroid dienone is 3. The molecule has 2 atom stereocenters. The van der Waals surface area contributed by atoms with E-state index in [2.05, 4.69) is 5.32 Å². The Balaban J connectivity index is 1.46. The highest BCUT2D eigenvalue weighted by molar-refractivity contribution is 6.04. The van der Waals surface area contributed by atoms with E-state index in [1.807, 2.05) is 61.5 Å². The molecule has 7 nitrogen and oxygen atoms in total. The van der Waals surface area contributed by atoms with Crippen LogP contribution in [0, 0.1) is 0 Å². The maximum atomic E-state index is 13.8. The molecule has 206 valence electrons. The predicted molar refractivity (Wildman–Crippen MR) is 151 cm³/mol.